The van der Waals surface area contributed by atoms with E-state index in [0.717, 1.165) is 38.8 Å². The van der Waals surface area contributed by atoms with Gasteiger partial charge < -0.3 is 10.6 Å². The Labute approximate surface area is 106 Å². The molecule has 1 aliphatic heterocycles. The number of piperidine rings is 1. The van der Waals surface area contributed by atoms with E-state index in [1.54, 1.807) is 0 Å². The Balaban J connectivity index is 2.31. The molecule has 0 aromatic carbocycles. The number of carbonyl (C=O) groups is 1. The fraction of sp³-hybridized carbons (Fsp3) is 0.929. The van der Waals surface area contributed by atoms with E-state index in [1.165, 1.54) is 19.3 Å². The predicted molar refractivity (Wildman–Crippen MR) is 71.7 cm³/mol. The van der Waals surface area contributed by atoms with Crippen molar-refractivity contribution in [2.75, 3.05) is 13.1 Å². The molecule has 1 atom stereocenters. The third kappa shape index (κ3) is 5.07. The van der Waals surface area contributed by atoms with E-state index in [0.29, 0.717) is 17.9 Å². The first-order valence-electron chi connectivity index (χ1n) is 7.20. The number of nitrogens with two attached hydrogens (primary N) is 1. The van der Waals surface area contributed by atoms with Gasteiger partial charge in [0.05, 0.1) is 0 Å². The van der Waals surface area contributed by atoms with E-state index in [2.05, 4.69) is 13.8 Å². The summed E-state index contributed by atoms with van der Waals surface area (Å²) in [7, 11) is 0. The third-order valence-corrected chi connectivity index (χ3v) is 3.90. The van der Waals surface area contributed by atoms with Gasteiger partial charge >= 0.3 is 0 Å². The molecule has 0 saturated carbocycles. The molecule has 0 aromatic heterocycles. The van der Waals surface area contributed by atoms with Crippen LogP contribution in [0.25, 0.3) is 0 Å². The van der Waals surface area contributed by atoms with Gasteiger partial charge in [0.15, 0.2) is 0 Å². The summed E-state index contributed by atoms with van der Waals surface area (Å²) in [5, 5.41) is 0. The molecule has 0 bridgehead atoms. The van der Waals surface area contributed by atoms with E-state index in [1.807, 2.05) is 4.90 Å². The smallest absolute Gasteiger partial charge is 0.222 e. The van der Waals surface area contributed by atoms with Crippen LogP contribution in [-0.2, 0) is 4.79 Å². The first-order valence-corrected chi connectivity index (χ1v) is 7.20. The molecule has 3 heteroatoms. The molecule has 0 aliphatic carbocycles. The molecule has 1 aliphatic rings. The minimum Gasteiger partial charge on any atom is -0.343 e. The number of hydrogen-bond donors (Lipinski definition) is 1. The molecule has 1 amide bonds. The number of amides is 1. The van der Waals surface area contributed by atoms with Crippen LogP contribution in [0.1, 0.15) is 58.8 Å². The summed E-state index contributed by atoms with van der Waals surface area (Å²) in [6.07, 6.45) is 7.48. The zero-order valence-corrected chi connectivity index (χ0v) is 11.5. The van der Waals surface area contributed by atoms with Crippen molar-refractivity contribution in [3.05, 3.63) is 0 Å². The lowest BCUT2D eigenvalue weighted by Gasteiger charge is -2.31. The van der Waals surface area contributed by atoms with Gasteiger partial charge in [0.2, 0.25) is 5.91 Å². The Hall–Kier alpha value is -0.570. The molecule has 0 radical (unpaired) electrons. The molecular formula is C14H28N2O. The second-order valence-corrected chi connectivity index (χ2v) is 5.34. The lowest BCUT2D eigenvalue weighted by Crippen LogP contribution is -2.43. The molecule has 1 rings (SSSR count). The lowest BCUT2D eigenvalue weighted by molar-refractivity contribution is -0.133. The molecule has 1 heterocycles. The SMILES string of the molecule is CCCCC(CC)CC(=O)N1CCC(N)CC1. The van der Waals surface area contributed by atoms with Gasteiger partial charge in [-0.25, -0.2) is 0 Å². The Morgan fingerprint density at radius 1 is 1.35 bits per heavy atom. The van der Waals surface area contributed by atoms with Gasteiger partial charge in [-0.1, -0.05) is 33.1 Å². The summed E-state index contributed by atoms with van der Waals surface area (Å²) in [5.41, 5.74) is 5.85. The van der Waals surface area contributed by atoms with E-state index < -0.39 is 0 Å². The number of unbranched alkanes of at least 4 members (excludes halogenated alkanes) is 1. The number of hydrogen-bond acceptors (Lipinski definition) is 2. The van der Waals surface area contributed by atoms with Crippen LogP contribution in [0.15, 0.2) is 0 Å². The van der Waals surface area contributed by atoms with Gasteiger partial charge in [0, 0.05) is 25.6 Å². The summed E-state index contributed by atoms with van der Waals surface area (Å²) in [4.78, 5) is 14.1. The van der Waals surface area contributed by atoms with Crippen molar-refractivity contribution in [3.8, 4) is 0 Å². The molecule has 1 fully saturated rings. The van der Waals surface area contributed by atoms with Gasteiger partial charge in [-0.3, -0.25) is 4.79 Å². The Morgan fingerprint density at radius 3 is 2.53 bits per heavy atom. The van der Waals surface area contributed by atoms with Crippen LogP contribution < -0.4 is 5.73 Å². The van der Waals surface area contributed by atoms with Crippen LogP contribution in [-0.4, -0.2) is 29.9 Å². The summed E-state index contributed by atoms with van der Waals surface area (Å²) in [6, 6.07) is 0.307. The first kappa shape index (κ1) is 14.5. The maximum Gasteiger partial charge on any atom is 0.222 e. The van der Waals surface area contributed by atoms with Crippen LogP contribution in [0.4, 0.5) is 0 Å². The third-order valence-electron chi connectivity index (χ3n) is 3.90. The molecule has 17 heavy (non-hydrogen) atoms. The summed E-state index contributed by atoms with van der Waals surface area (Å²) in [6.45, 7) is 6.13. The quantitative estimate of drug-likeness (QED) is 0.775. The average molecular weight is 240 g/mol. The van der Waals surface area contributed by atoms with E-state index >= 15 is 0 Å². The fourth-order valence-electron chi connectivity index (χ4n) is 2.47. The lowest BCUT2D eigenvalue weighted by atomic mass is 9.94. The van der Waals surface area contributed by atoms with Crippen molar-refractivity contribution in [1.82, 2.24) is 4.90 Å². The topological polar surface area (TPSA) is 46.3 Å². The van der Waals surface area contributed by atoms with E-state index in [4.69, 9.17) is 5.73 Å². The predicted octanol–water partition coefficient (Wildman–Crippen LogP) is 2.54. The average Bonchev–Trinajstić information content (AvgIpc) is 2.35. The van der Waals surface area contributed by atoms with Crippen LogP contribution >= 0.6 is 0 Å². The number of carbonyl (C=O) groups excluding carboxylic acids is 1. The minimum atomic E-state index is 0.307. The van der Waals surface area contributed by atoms with Crippen LogP contribution in [0.2, 0.25) is 0 Å². The number of nitrogens with zero attached hydrogens (tertiary/aromatic N) is 1. The minimum absolute atomic E-state index is 0.307. The van der Waals surface area contributed by atoms with Gasteiger partial charge in [-0.15, -0.1) is 0 Å². The second kappa shape index (κ2) is 7.70. The van der Waals surface area contributed by atoms with Crippen molar-refractivity contribution in [2.24, 2.45) is 11.7 Å². The Bertz CT molecular complexity index is 222. The zero-order valence-electron chi connectivity index (χ0n) is 11.5. The molecule has 2 N–H and O–H groups in total. The van der Waals surface area contributed by atoms with E-state index in [-0.39, 0.29) is 0 Å². The fourth-order valence-corrected chi connectivity index (χ4v) is 2.47. The monoisotopic (exact) mass is 240 g/mol. The number of rotatable bonds is 6. The summed E-state index contributed by atoms with van der Waals surface area (Å²) >= 11 is 0. The van der Waals surface area contributed by atoms with Crippen LogP contribution in [0, 0.1) is 5.92 Å². The highest BCUT2D eigenvalue weighted by Gasteiger charge is 2.22. The maximum atomic E-state index is 12.1. The Kier molecular flexibility index (Phi) is 6.56. The van der Waals surface area contributed by atoms with Gasteiger partial charge in [-0.2, -0.15) is 0 Å². The van der Waals surface area contributed by atoms with Crippen LogP contribution in [0.3, 0.4) is 0 Å². The largest absolute Gasteiger partial charge is 0.343 e. The van der Waals surface area contributed by atoms with Crippen molar-refractivity contribution in [3.63, 3.8) is 0 Å². The van der Waals surface area contributed by atoms with Gasteiger partial charge in [-0.05, 0) is 25.2 Å². The molecule has 1 unspecified atom stereocenters. The van der Waals surface area contributed by atoms with Crippen molar-refractivity contribution < 1.29 is 4.79 Å². The van der Waals surface area contributed by atoms with Crippen molar-refractivity contribution >= 4 is 5.91 Å². The van der Waals surface area contributed by atoms with Crippen LogP contribution in [0.5, 0.6) is 0 Å². The molecular weight excluding hydrogens is 212 g/mol. The summed E-state index contributed by atoms with van der Waals surface area (Å²) < 4.78 is 0. The molecule has 0 aromatic rings. The van der Waals surface area contributed by atoms with Crippen molar-refractivity contribution in [2.45, 2.75) is 64.8 Å². The second-order valence-electron chi connectivity index (χ2n) is 5.34. The maximum absolute atomic E-state index is 12.1. The highest BCUT2D eigenvalue weighted by atomic mass is 16.2. The standard InChI is InChI=1S/C14H28N2O/c1-3-5-6-12(4-2)11-14(17)16-9-7-13(15)8-10-16/h12-13H,3-11,15H2,1-2H3. The van der Waals surface area contributed by atoms with Gasteiger partial charge in [0.1, 0.15) is 0 Å². The number of likely N-dealkylation sites (tertiary alicyclic amines) is 1. The van der Waals surface area contributed by atoms with Crippen molar-refractivity contribution in [1.29, 1.82) is 0 Å². The highest BCUT2D eigenvalue weighted by molar-refractivity contribution is 5.76. The van der Waals surface area contributed by atoms with Gasteiger partial charge in [0.25, 0.3) is 0 Å². The Morgan fingerprint density at radius 2 is 2.00 bits per heavy atom. The molecule has 3 nitrogen and oxygen atoms in total. The highest BCUT2D eigenvalue weighted by Crippen LogP contribution is 2.19. The first-order chi connectivity index (χ1) is 8.17. The normalized spacial score (nSPS) is 19.4. The molecule has 1 saturated heterocycles. The zero-order chi connectivity index (χ0) is 12.7. The summed E-state index contributed by atoms with van der Waals surface area (Å²) in [5.74, 6) is 0.929. The molecule has 0 spiro atoms. The van der Waals surface area contributed by atoms with E-state index in [9.17, 15) is 4.79 Å². The molecule has 100 valence electrons.